The van der Waals surface area contributed by atoms with Crippen LogP contribution in [0.1, 0.15) is 30.4 Å². The van der Waals surface area contributed by atoms with Gasteiger partial charge in [-0.15, -0.1) is 12.3 Å². The van der Waals surface area contributed by atoms with Crippen LogP contribution in [0.5, 0.6) is 0 Å². The summed E-state index contributed by atoms with van der Waals surface area (Å²) in [5, 5.41) is 3.54. The Morgan fingerprint density at radius 2 is 1.45 bits per heavy atom. The smallest absolute Gasteiger partial charge is 0.0240 e. The summed E-state index contributed by atoms with van der Waals surface area (Å²) >= 11 is 0. The van der Waals surface area contributed by atoms with Crippen LogP contribution in [0, 0.1) is 12.3 Å². The summed E-state index contributed by atoms with van der Waals surface area (Å²) in [7, 11) is 0. The summed E-state index contributed by atoms with van der Waals surface area (Å²) in [5.74, 6) is 3.02. The molecular weight excluding hydrogens is 242 g/mol. The van der Waals surface area contributed by atoms with E-state index >= 15 is 0 Å². The fourth-order valence-corrected chi connectivity index (χ4v) is 2.58. The maximum absolute atomic E-state index is 5.32. The molecule has 1 atom stereocenters. The normalized spacial score (nSPS) is 12.1. The second-order valence-electron chi connectivity index (χ2n) is 5.00. The van der Waals surface area contributed by atoms with Gasteiger partial charge in [-0.05, 0) is 18.1 Å². The summed E-state index contributed by atoms with van der Waals surface area (Å²) in [6.07, 6.45) is 6.09. The Morgan fingerprint density at radius 1 is 0.950 bits per heavy atom. The molecule has 0 amide bonds. The van der Waals surface area contributed by atoms with Crippen molar-refractivity contribution in [3.63, 3.8) is 0 Å². The lowest BCUT2D eigenvalue weighted by Gasteiger charge is -2.26. The zero-order valence-corrected chi connectivity index (χ0v) is 11.9. The fraction of sp³-hybridized carbons (Fsp3) is 0.263. The Bertz CT molecular complexity index is 499. The monoisotopic (exact) mass is 263 g/mol. The molecule has 0 saturated heterocycles. The van der Waals surface area contributed by atoms with E-state index in [1.165, 1.54) is 11.1 Å². The molecule has 102 valence electrons. The van der Waals surface area contributed by atoms with Crippen molar-refractivity contribution >= 4 is 0 Å². The Balaban J connectivity index is 2.23. The number of terminal acetylenes is 1. The van der Waals surface area contributed by atoms with Gasteiger partial charge in [-0.2, -0.15) is 0 Å². The van der Waals surface area contributed by atoms with Crippen LogP contribution in [0.25, 0.3) is 0 Å². The Hall–Kier alpha value is -2.04. The van der Waals surface area contributed by atoms with E-state index in [1.807, 2.05) is 0 Å². The lowest BCUT2D eigenvalue weighted by molar-refractivity contribution is 0.506. The molecule has 20 heavy (non-hydrogen) atoms. The van der Waals surface area contributed by atoms with E-state index in [9.17, 15) is 0 Å². The van der Waals surface area contributed by atoms with Crippen molar-refractivity contribution in [2.45, 2.75) is 25.3 Å². The lowest BCUT2D eigenvalue weighted by atomic mass is 9.86. The minimum Gasteiger partial charge on any atom is -0.312 e. The highest BCUT2D eigenvalue weighted by atomic mass is 14.9. The standard InChI is InChI=1S/C19H21N/c1-3-4-15-20-16(2)19(17-11-7-5-8-12-17)18-13-9-6-10-14-18/h1,5-14,16,19-20H,4,15H2,2H3. The third-order valence-electron chi connectivity index (χ3n) is 3.55. The average Bonchev–Trinajstić information content (AvgIpc) is 2.50. The number of benzene rings is 2. The van der Waals surface area contributed by atoms with Crippen molar-refractivity contribution in [3.8, 4) is 12.3 Å². The molecule has 1 nitrogen and oxygen atoms in total. The van der Waals surface area contributed by atoms with Crippen LogP contribution in [0.15, 0.2) is 60.7 Å². The molecule has 0 heterocycles. The number of rotatable bonds is 6. The molecule has 0 radical (unpaired) electrons. The second-order valence-corrected chi connectivity index (χ2v) is 5.00. The van der Waals surface area contributed by atoms with E-state index in [2.05, 4.69) is 78.8 Å². The molecule has 1 heteroatoms. The van der Waals surface area contributed by atoms with Crippen LogP contribution in [-0.2, 0) is 0 Å². The summed E-state index contributed by atoms with van der Waals surface area (Å²) in [4.78, 5) is 0. The van der Waals surface area contributed by atoms with Gasteiger partial charge in [0.2, 0.25) is 0 Å². The van der Waals surface area contributed by atoms with E-state index < -0.39 is 0 Å². The zero-order valence-electron chi connectivity index (χ0n) is 11.9. The molecule has 0 saturated carbocycles. The molecule has 0 aromatic heterocycles. The molecule has 1 unspecified atom stereocenters. The van der Waals surface area contributed by atoms with Gasteiger partial charge in [0, 0.05) is 24.9 Å². The molecule has 1 N–H and O–H groups in total. The predicted octanol–water partition coefficient (Wildman–Crippen LogP) is 3.82. The second kappa shape index (κ2) is 7.53. The molecule has 0 spiro atoms. The lowest BCUT2D eigenvalue weighted by Crippen LogP contribution is -2.33. The minimum absolute atomic E-state index is 0.341. The van der Waals surface area contributed by atoms with Crippen molar-refractivity contribution in [1.29, 1.82) is 0 Å². The third-order valence-corrected chi connectivity index (χ3v) is 3.55. The summed E-state index contributed by atoms with van der Waals surface area (Å²) < 4.78 is 0. The summed E-state index contributed by atoms with van der Waals surface area (Å²) in [6, 6.07) is 21.6. The zero-order chi connectivity index (χ0) is 14.2. The van der Waals surface area contributed by atoms with Crippen molar-refractivity contribution in [3.05, 3.63) is 71.8 Å². The summed E-state index contributed by atoms with van der Waals surface area (Å²) in [6.45, 7) is 3.08. The number of hydrogen-bond acceptors (Lipinski definition) is 1. The van der Waals surface area contributed by atoms with Gasteiger partial charge in [0.1, 0.15) is 0 Å². The first-order chi connectivity index (χ1) is 9.83. The van der Waals surface area contributed by atoms with Crippen LogP contribution in [0.2, 0.25) is 0 Å². The number of nitrogens with one attached hydrogen (secondary N) is 1. The SMILES string of the molecule is C#CCCNC(C)C(c1ccccc1)c1ccccc1. The molecule has 0 aliphatic heterocycles. The van der Waals surface area contributed by atoms with E-state index in [-0.39, 0.29) is 0 Å². The Morgan fingerprint density at radius 3 is 1.90 bits per heavy atom. The van der Waals surface area contributed by atoms with Crippen molar-refractivity contribution in [2.75, 3.05) is 6.54 Å². The van der Waals surface area contributed by atoms with Gasteiger partial charge < -0.3 is 5.32 Å². The number of hydrogen-bond donors (Lipinski definition) is 1. The first-order valence-electron chi connectivity index (χ1n) is 7.09. The molecular formula is C19H21N. The minimum atomic E-state index is 0.341. The molecule has 2 aromatic carbocycles. The van der Waals surface area contributed by atoms with Gasteiger partial charge in [0.25, 0.3) is 0 Å². The van der Waals surface area contributed by atoms with Crippen molar-refractivity contribution in [2.24, 2.45) is 0 Å². The molecule has 0 bridgehead atoms. The topological polar surface area (TPSA) is 12.0 Å². The van der Waals surface area contributed by atoms with E-state index in [4.69, 9.17) is 6.42 Å². The quantitative estimate of drug-likeness (QED) is 0.617. The van der Waals surface area contributed by atoms with Gasteiger partial charge in [0.15, 0.2) is 0 Å². The van der Waals surface area contributed by atoms with Crippen LogP contribution < -0.4 is 5.32 Å². The highest BCUT2D eigenvalue weighted by Crippen LogP contribution is 2.27. The van der Waals surface area contributed by atoms with E-state index in [1.54, 1.807) is 0 Å². The molecule has 2 aromatic rings. The van der Waals surface area contributed by atoms with Gasteiger partial charge in [-0.25, -0.2) is 0 Å². The highest BCUT2D eigenvalue weighted by Gasteiger charge is 2.20. The van der Waals surface area contributed by atoms with Crippen LogP contribution in [-0.4, -0.2) is 12.6 Å². The molecule has 0 aliphatic carbocycles. The third kappa shape index (κ3) is 3.73. The predicted molar refractivity (Wildman–Crippen MR) is 85.6 cm³/mol. The maximum Gasteiger partial charge on any atom is 0.0240 e. The highest BCUT2D eigenvalue weighted by molar-refractivity contribution is 5.34. The van der Waals surface area contributed by atoms with Crippen LogP contribution in [0.4, 0.5) is 0 Å². The summed E-state index contributed by atoms with van der Waals surface area (Å²) in [5.41, 5.74) is 2.67. The van der Waals surface area contributed by atoms with Crippen molar-refractivity contribution < 1.29 is 0 Å². The van der Waals surface area contributed by atoms with Gasteiger partial charge in [0.05, 0.1) is 0 Å². The van der Waals surface area contributed by atoms with E-state index in [0.717, 1.165) is 13.0 Å². The first-order valence-corrected chi connectivity index (χ1v) is 7.09. The molecule has 0 aliphatic rings. The Kier molecular flexibility index (Phi) is 5.41. The van der Waals surface area contributed by atoms with Crippen LogP contribution in [0.3, 0.4) is 0 Å². The van der Waals surface area contributed by atoms with Crippen LogP contribution >= 0.6 is 0 Å². The van der Waals surface area contributed by atoms with E-state index in [0.29, 0.717) is 12.0 Å². The average molecular weight is 263 g/mol. The fourth-order valence-electron chi connectivity index (χ4n) is 2.58. The first kappa shape index (κ1) is 14.4. The van der Waals surface area contributed by atoms with Gasteiger partial charge in [-0.1, -0.05) is 60.7 Å². The van der Waals surface area contributed by atoms with Gasteiger partial charge in [-0.3, -0.25) is 0 Å². The largest absolute Gasteiger partial charge is 0.312 e. The van der Waals surface area contributed by atoms with Gasteiger partial charge >= 0.3 is 0 Å². The Labute approximate surface area is 122 Å². The molecule has 0 fully saturated rings. The maximum atomic E-state index is 5.32. The molecule has 2 rings (SSSR count). The van der Waals surface area contributed by atoms with Crippen molar-refractivity contribution in [1.82, 2.24) is 5.32 Å².